The second kappa shape index (κ2) is 5.11. The molecule has 4 rings (SSSR count). The molecule has 2 heteroatoms. The molecule has 8 unspecified atom stereocenters. The summed E-state index contributed by atoms with van der Waals surface area (Å²) in [6.45, 7) is 9.99. The van der Waals surface area contributed by atoms with E-state index in [-0.39, 0.29) is 0 Å². The summed E-state index contributed by atoms with van der Waals surface area (Å²) < 4.78 is 2.35. The Morgan fingerprint density at radius 2 is 1.40 bits per heavy atom. The molecule has 0 aromatic heterocycles. The van der Waals surface area contributed by atoms with E-state index in [9.17, 15) is 0 Å². The van der Waals surface area contributed by atoms with Crippen LogP contribution in [0.15, 0.2) is 0 Å². The third-order valence-corrected chi connectivity index (χ3v) is 11.0. The van der Waals surface area contributed by atoms with E-state index in [1.807, 2.05) is 0 Å². The molecule has 0 bridgehead atoms. The summed E-state index contributed by atoms with van der Waals surface area (Å²) in [6.07, 6.45) is 7.69. The van der Waals surface area contributed by atoms with Crippen LogP contribution < -0.4 is 21.2 Å². The van der Waals surface area contributed by atoms with Gasteiger partial charge in [0.1, 0.15) is 0 Å². The van der Waals surface area contributed by atoms with Crippen molar-refractivity contribution in [2.75, 3.05) is 0 Å². The van der Waals surface area contributed by atoms with Crippen LogP contribution in [0.2, 0.25) is 0 Å². The van der Waals surface area contributed by atoms with Crippen molar-refractivity contribution in [1.29, 1.82) is 0 Å². The molecule has 4 aliphatic rings. The van der Waals surface area contributed by atoms with Crippen LogP contribution in [0.4, 0.5) is 0 Å². The first-order chi connectivity index (χ1) is 9.54. The van der Waals surface area contributed by atoms with Crippen LogP contribution >= 0.6 is 0 Å². The Bertz CT molecular complexity index is 370. The molecule has 2 saturated carbocycles. The van der Waals surface area contributed by atoms with Crippen LogP contribution in [-0.2, 0) is 0 Å². The van der Waals surface area contributed by atoms with Gasteiger partial charge >= 0.3 is 136 Å². The molecule has 4 fully saturated rings. The number of alkyl halides is 2. The van der Waals surface area contributed by atoms with E-state index >= 15 is 0 Å². The van der Waals surface area contributed by atoms with E-state index in [4.69, 9.17) is 0 Å². The monoisotopic (exact) mass is 388 g/mol. The van der Waals surface area contributed by atoms with E-state index in [2.05, 4.69) is 32.6 Å². The summed E-state index contributed by atoms with van der Waals surface area (Å²) in [7, 11) is 0. The maximum absolute atomic E-state index is 2.87. The van der Waals surface area contributed by atoms with Gasteiger partial charge < -0.3 is 0 Å². The normalized spacial score (nSPS) is 61.4. The Hall–Kier alpha value is 0.690. The predicted molar refractivity (Wildman–Crippen MR) is 80.5 cm³/mol. The molecule has 2 aliphatic heterocycles. The fraction of sp³-hybridized carbons (Fsp3) is 1.00. The molecule has 2 heterocycles. The van der Waals surface area contributed by atoms with E-state index in [1.54, 1.807) is 19.3 Å². The zero-order valence-corrected chi connectivity index (χ0v) is 15.7. The average molecular weight is 388 g/mol. The van der Waals surface area contributed by atoms with E-state index in [1.165, 1.54) is 22.7 Å². The number of halogens is 1. The molecule has 20 heavy (non-hydrogen) atoms. The zero-order chi connectivity index (χ0) is 14.0. The molecule has 0 amide bonds. The van der Waals surface area contributed by atoms with Gasteiger partial charge in [-0.25, -0.2) is 0 Å². The number of hydrogen-bond acceptors (Lipinski definition) is 1. The van der Waals surface area contributed by atoms with Crippen molar-refractivity contribution in [3.05, 3.63) is 0 Å². The van der Waals surface area contributed by atoms with Crippen molar-refractivity contribution in [2.24, 2.45) is 23.7 Å². The van der Waals surface area contributed by atoms with Crippen LogP contribution in [0, 0.1) is 23.7 Å². The van der Waals surface area contributed by atoms with Gasteiger partial charge in [-0.1, -0.05) is 0 Å². The van der Waals surface area contributed by atoms with Crippen LogP contribution in [0.25, 0.3) is 0 Å². The summed E-state index contributed by atoms with van der Waals surface area (Å²) in [4.78, 5) is 2.87. The van der Waals surface area contributed by atoms with E-state index < -0.39 is 0 Å². The molecular weight excluding hydrogens is 357 g/mol. The second-order valence-corrected chi connectivity index (χ2v) is 12.5. The summed E-state index contributed by atoms with van der Waals surface area (Å²) >= 11 is 0.459. The predicted octanol–water partition coefficient (Wildman–Crippen LogP) is 0.770. The molecular formula is C18H31IN-. The fourth-order valence-corrected chi connectivity index (χ4v) is 11.4. The van der Waals surface area contributed by atoms with Crippen LogP contribution in [0.1, 0.15) is 59.8 Å². The quantitative estimate of drug-likeness (QED) is 0.384. The number of rotatable bonds is 2. The molecule has 0 aromatic carbocycles. The third-order valence-electron chi connectivity index (χ3n) is 6.46. The molecule has 8 atom stereocenters. The van der Waals surface area contributed by atoms with Crippen molar-refractivity contribution < 1.29 is 21.2 Å². The van der Waals surface area contributed by atoms with Crippen molar-refractivity contribution >= 4 is 0 Å². The minimum absolute atomic E-state index is 0.459. The molecule has 0 aromatic rings. The first kappa shape index (κ1) is 14.3. The molecule has 0 N–H and O–H groups in total. The van der Waals surface area contributed by atoms with Gasteiger partial charge in [-0.2, -0.15) is 0 Å². The Morgan fingerprint density at radius 1 is 0.800 bits per heavy atom. The summed E-state index contributed by atoms with van der Waals surface area (Å²) in [6, 6.07) is 3.07. The Morgan fingerprint density at radius 3 is 2.00 bits per heavy atom. The van der Waals surface area contributed by atoms with Crippen molar-refractivity contribution in [3.63, 3.8) is 0 Å². The Kier molecular flexibility index (Phi) is 3.65. The van der Waals surface area contributed by atoms with Gasteiger partial charge in [0.15, 0.2) is 0 Å². The third kappa shape index (κ3) is 2.47. The Balaban J connectivity index is 1.34. The summed E-state index contributed by atoms with van der Waals surface area (Å²) in [5.41, 5.74) is 0. The minimum atomic E-state index is 0.459. The summed E-state index contributed by atoms with van der Waals surface area (Å²) in [5.74, 6) is 4.13. The van der Waals surface area contributed by atoms with Crippen molar-refractivity contribution in [3.8, 4) is 0 Å². The van der Waals surface area contributed by atoms with Gasteiger partial charge in [-0.15, -0.1) is 0 Å². The van der Waals surface area contributed by atoms with Gasteiger partial charge in [0.05, 0.1) is 0 Å². The maximum atomic E-state index is 2.87. The standard InChI is InChI=1S/C18H31IN/c1-10-5-11(2)7-14(8-12(3)6-10)19-17-15-9-16-13(4)20(16)18(15)17/h10-18H,5-9H2,1-4H3/q-1. The molecule has 0 spiro atoms. The van der Waals surface area contributed by atoms with E-state index in [0.29, 0.717) is 21.2 Å². The molecule has 116 valence electrons. The number of fused-ring (bicyclic) bond motifs is 3. The van der Waals surface area contributed by atoms with Gasteiger partial charge in [0.25, 0.3) is 0 Å². The molecule has 2 saturated heterocycles. The number of nitrogens with zero attached hydrogens (tertiary/aromatic N) is 1. The van der Waals surface area contributed by atoms with Crippen LogP contribution in [0.5, 0.6) is 0 Å². The molecule has 2 aliphatic carbocycles. The zero-order valence-electron chi connectivity index (χ0n) is 13.6. The SMILES string of the molecule is CC1CC(C)CC([I-]C2C3CC4C(C)N4C32)CC(C)C1. The second-order valence-electron chi connectivity index (χ2n) is 8.57. The first-order valence-corrected chi connectivity index (χ1v) is 11.4. The van der Waals surface area contributed by atoms with Gasteiger partial charge in [0, 0.05) is 0 Å². The van der Waals surface area contributed by atoms with Crippen molar-refractivity contribution in [1.82, 2.24) is 4.90 Å². The number of hydrogen-bond donors (Lipinski definition) is 0. The van der Waals surface area contributed by atoms with Crippen molar-refractivity contribution in [2.45, 2.75) is 85.8 Å². The van der Waals surface area contributed by atoms with Gasteiger partial charge in [-0.3, -0.25) is 0 Å². The topological polar surface area (TPSA) is 3.01 Å². The van der Waals surface area contributed by atoms with Crippen LogP contribution in [0.3, 0.4) is 0 Å². The Labute approximate surface area is 135 Å². The average Bonchev–Trinajstić information content (AvgIpc) is 3.12. The number of piperidine rings is 2. The van der Waals surface area contributed by atoms with E-state index in [0.717, 1.165) is 39.8 Å². The van der Waals surface area contributed by atoms with Crippen LogP contribution in [-0.4, -0.2) is 30.9 Å². The van der Waals surface area contributed by atoms with Gasteiger partial charge in [0.2, 0.25) is 0 Å². The molecule has 1 nitrogen and oxygen atoms in total. The fourth-order valence-electron chi connectivity index (χ4n) is 5.61. The first-order valence-electron chi connectivity index (χ1n) is 8.94. The van der Waals surface area contributed by atoms with Gasteiger partial charge in [-0.05, 0) is 0 Å². The summed E-state index contributed by atoms with van der Waals surface area (Å²) in [5, 5.41) is 0. The molecule has 0 radical (unpaired) electrons.